The van der Waals surface area contributed by atoms with E-state index in [-0.39, 0.29) is 41.3 Å². The lowest BCUT2D eigenvalue weighted by Gasteiger charge is -2.32. The van der Waals surface area contributed by atoms with Crippen LogP contribution in [0.5, 0.6) is 0 Å². The molecule has 2 aromatic rings. The number of pyridine rings is 1. The average Bonchev–Trinajstić information content (AvgIpc) is 2.93. The van der Waals surface area contributed by atoms with Gasteiger partial charge in [-0.3, -0.25) is 24.7 Å². The van der Waals surface area contributed by atoms with Crippen LogP contribution in [0, 0.1) is 5.82 Å². The molecule has 1 aromatic heterocycles. The lowest BCUT2D eigenvalue weighted by Crippen LogP contribution is -2.53. The molecule has 2 unspecified atom stereocenters. The second-order valence-corrected chi connectivity index (χ2v) is 7.19. The zero-order valence-corrected chi connectivity index (χ0v) is 15.8. The number of fused-ring (bicyclic) bond motifs is 1. The molecule has 2 aliphatic heterocycles. The molecule has 0 saturated carbocycles. The average molecular weight is 402 g/mol. The zero-order chi connectivity index (χ0) is 20.0. The third-order valence-corrected chi connectivity index (χ3v) is 5.59. The summed E-state index contributed by atoms with van der Waals surface area (Å²) in [4.78, 5) is 42.1. The Kier molecular flexibility index (Phi) is 4.63. The second kappa shape index (κ2) is 6.98. The summed E-state index contributed by atoms with van der Waals surface area (Å²) < 4.78 is 15.4. The summed E-state index contributed by atoms with van der Waals surface area (Å²) in [6, 6.07) is 5.10. The number of amides is 3. The van der Waals surface area contributed by atoms with E-state index in [4.69, 9.17) is 11.6 Å². The lowest BCUT2D eigenvalue weighted by atomic mass is 9.98. The van der Waals surface area contributed by atoms with Crippen molar-refractivity contribution < 1.29 is 18.8 Å². The highest BCUT2D eigenvalue weighted by atomic mass is 35.5. The molecule has 2 aliphatic rings. The monoisotopic (exact) mass is 401 g/mol. The van der Waals surface area contributed by atoms with Crippen molar-refractivity contribution in [3.63, 3.8) is 0 Å². The van der Waals surface area contributed by atoms with Crippen LogP contribution in [0.2, 0.25) is 0 Å². The van der Waals surface area contributed by atoms with Crippen molar-refractivity contribution in [2.24, 2.45) is 0 Å². The number of carbonyl (C=O) groups is 3. The van der Waals surface area contributed by atoms with Gasteiger partial charge in [0, 0.05) is 35.2 Å². The number of halogens is 2. The maximum absolute atomic E-state index is 15.4. The van der Waals surface area contributed by atoms with Crippen molar-refractivity contribution in [3.05, 3.63) is 53.0 Å². The lowest BCUT2D eigenvalue weighted by molar-refractivity contribution is -0.137. The molecular weight excluding hydrogens is 385 g/mol. The third-order valence-electron chi connectivity index (χ3n) is 5.28. The van der Waals surface area contributed by atoms with E-state index in [0.717, 1.165) is 5.56 Å². The van der Waals surface area contributed by atoms with E-state index in [1.165, 1.54) is 11.0 Å². The van der Waals surface area contributed by atoms with Gasteiger partial charge in [-0.15, -0.1) is 11.6 Å². The van der Waals surface area contributed by atoms with Crippen molar-refractivity contribution >= 4 is 29.3 Å². The van der Waals surface area contributed by atoms with Gasteiger partial charge in [0.2, 0.25) is 11.8 Å². The van der Waals surface area contributed by atoms with E-state index in [1.807, 2.05) is 0 Å². The molecule has 0 bridgehead atoms. The number of aromatic nitrogens is 1. The van der Waals surface area contributed by atoms with Gasteiger partial charge in [-0.2, -0.15) is 0 Å². The number of nitrogens with zero attached hydrogens (tertiary/aromatic N) is 2. The van der Waals surface area contributed by atoms with E-state index in [1.54, 1.807) is 31.3 Å². The summed E-state index contributed by atoms with van der Waals surface area (Å²) >= 11 is 5.86. The zero-order valence-electron chi connectivity index (χ0n) is 15.0. The van der Waals surface area contributed by atoms with Gasteiger partial charge < -0.3 is 4.90 Å². The highest BCUT2D eigenvalue weighted by molar-refractivity contribution is 6.17. The van der Waals surface area contributed by atoms with Crippen molar-refractivity contribution in [2.75, 3.05) is 0 Å². The van der Waals surface area contributed by atoms with Crippen LogP contribution in [0.25, 0.3) is 11.3 Å². The molecule has 144 valence electrons. The van der Waals surface area contributed by atoms with Gasteiger partial charge in [-0.25, -0.2) is 4.39 Å². The fourth-order valence-corrected chi connectivity index (χ4v) is 4.07. The number of alkyl halides is 1. The van der Waals surface area contributed by atoms with E-state index in [2.05, 4.69) is 10.3 Å². The van der Waals surface area contributed by atoms with Gasteiger partial charge in [0.1, 0.15) is 11.9 Å². The van der Waals surface area contributed by atoms with Gasteiger partial charge in [0.15, 0.2) is 0 Å². The minimum Gasteiger partial charge on any atom is -0.320 e. The third kappa shape index (κ3) is 2.86. The normalized spacial score (nSPS) is 21.7. The van der Waals surface area contributed by atoms with E-state index in [0.29, 0.717) is 5.69 Å². The van der Waals surface area contributed by atoms with Crippen LogP contribution in [0.1, 0.15) is 47.3 Å². The predicted octanol–water partition coefficient (Wildman–Crippen LogP) is 2.95. The summed E-state index contributed by atoms with van der Waals surface area (Å²) in [7, 11) is 0. The Bertz CT molecular complexity index is 1010. The minimum atomic E-state index is -0.798. The van der Waals surface area contributed by atoms with Gasteiger partial charge in [-0.05, 0) is 43.2 Å². The quantitative estimate of drug-likeness (QED) is 0.633. The minimum absolute atomic E-state index is 0.145. The number of rotatable bonds is 3. The number of imide groups is 1. The molecule has 8 heteroatoms. The van der Waals surface area contributed by atoms with Gasteiger partial charge in [0.25, 0.3) is 5.91 Å². The molecule has 1 aromatic carbocycles. The standard InChI is InChI=1S/C20H17ClFN3O3/c1-10-17-13(20(28)25(10)15-4-5-16(26)24-19(15)27)3-2-12(18(17)22)14-8-11(9-21)6-7-23-14/h2-3,6-8,10,15H,4-5,9H2,1H3,(H,24,26,27). The number of nitrogens with one attached hydrogen (secondary N) is 1. The first-order valence-electron chi connectivity index (χ1n) is 8.92. The van der Waals surface area contributed by atoms with Crippen molar-refractivity contribution in [3.8, 4) is 11.3 Å². The van der Waals surface area contributed by atoms with Crippen LogP contribution in [0.3, 0.4) is 0 Å². The number of benzene rings is 1. The van der Waals surface area contributed by atoms with Crippen LogP contribution >= 0.6 is 11.6 Å². The number of hydrogen-bond acceptors (Lipinski definition) is 4. The summed E-state index contributed by atoms with van der Waals surface area (Å²) in [6.45, 7) is 1.68. The molecule has 3 amide bonds. The SMILES string of the molecule is CC1c2c(ccc(-c3cc(CCl)ccn3)c2F)C(=O)N1C1CCC(=O)NC1=O. The summed E-state index contributed by atoms with van der Waals surface area (Å²) in [6.07, 6.45) is 1.93. The Morgan fingerprint density at radius 3 is 2.71 bits per heavy atom. The Balaban J connectivity index is 1.74. The molecule has 6 nitrogen and oxygen atoms in total. The fraction of sp³-hybridized carbons (Fsp3) is 0.300. The summed E-state index contributed by atoms with van der Waals surface area (Å²) in [5.41, 5.74) is 1.98. The molecule has 1 fully saturated rings. The highest BCUT2D eigenvalue weighted by Gasteiger charge is 2.44. The maximum atomic E-state index is 15.4. The van der Waals surface area contributed by atoms with Crippen LogP contribution < -0.4 is 5.32 Å². The second-order valence-electron chi connectivity index (χ2n) is 6.93. The molecule has 1 saturated heterocycles. The Morgan fingerprint density at radius 1 is 1.25 bits per heavy atom. The van der Waals surface area contributed by atoms with Crippen molar-refractivity contribution in [1.29, 1.82) is 0 Å². The van der Waals surface area contributed by atoms with Crippen LogP contribution in [-0.4, -0.2) is 33.6 Å². The fourth-order valence-electron chi connectivity index (χ4n) is 3.90. The van der Waals surface area contributed by atoms with Crippen LogP contribution in [0.15, 0.2) is 30.5 Å². The molecule has 0 spiro atoms. The highest BCUT2D eigenvalue weighted by Crippen LogP contribution is 2.40. The Morgan fingerprint density at radius 2 is 2.00 bits per heavy atom. The van der Waals surface area contributed by atoms with Crippen LogP contribution in [-0.2, 0) is 15.5 Å². The molecule has 4 rings (SSSR count). The van der Waals surface area contributed by atoms with E-state index >= 15 is 4.39 Å². The van der Waals surface area contributed by atoms with Gasteiger partial charge in [-0.1, -0.05) is 0 Å². The summed E-state index contributed by atoms with van der Waals surface area (Å²) in [5, 5.41) is 2.25. The Hall–Kier alpha value is -2.80. The molecule has 0 radical (unpaired) electrons. The summed E-state index contributed by atoms with van der Waals surface area (Å²) in [5.74, 6) is -1.56. The first-order valence-corrected chi connectivity index (χ1v) is 9.46. The first kappa shape index (κ1) is 18.6. The Labute approximate surface area is 165 Å². The maximum Gasteiger partial charge on any atom is 0.255 e. The molecular formula is C20H17ClFN3O3. The molecule has 3 heterocycles. The smallest absolute Gasteiger partial charge is 0.255 e. The largest absolute Gasteiger partial charge is 0.320 e. The molecule has 2 atom stereocenters. The van der Waals surface area contributed by atoms with Crippen LogP contribution in [0.4, 0.5) is 4.39 Å². The predicted molar refractivity (Wildman–Crippen MR) is 99.9 cm³/mol. The topological polar surface area (TPSA) is 79.4 Å². The van der Waals surface area contributed by atoms with Crippen molar-refractivity contribution in [2.45, 2.75) is 37.7 Å². The number of hydrogen-bond donors (Lipinski definition) is 1. The number of piperidine rings is 1. The first-order chi connectivity index (χ1) is 13.4. The van der Waals surface area contributed by atoms with E-state index < -0.39 is 29.7 Å². The van der Waals surface area contributed by atoms with E-state index in [9.17, 15) is 14.4 Å². The number of carbonyl (C=O) groups excluding carboxylic acids is 3. The molecule has 1 N–H and O–H groups in total. The molecule has 28 heavy (non-hydrogen) atoms. The van der Waals surface area contributed by atoms with Gasteiger partial charge in [0.05, 0.1) is 11.7 Å². The van der Waals surface area contributed by atoms with Gasteiger partial charge >= 0.3 is 0 Å². The van der Waals surface area contributed by atoms with Crippen molar-refractivity contribution in [1.82, 2.24) is 15.2 Å². The molecule has 0 aliphatic carbocycles.